The second kappa shape index (κ2) is 9.42. The van der Waals surface area contributed by atoms with E-state index in [0.29, 0.717) is 13.1 Å². The monoisotopic (exact) mass is 395 g/mol. The van der Waals surface area contributed by atoms with Gasteiger partial charge in [0.25, 0.3) is 5.91 Å². The summed E-state index contributed by atoms with van der Waals surface area (Å²) in [5.74, 6) is 0.934. The molecule has 1 atom stereocenters. The Hall–Kier alpha value is -1.79. The van der Waals surface area contributed by atoms with Crippen LogP contribution in [-0.2, 0) is 9.59 Å². The molecule has 1 N–H and O–H groups in total. The van der Waals surface area contributed by atoms with Gasteiger partial charge in [0.2, 0.25) is 5.91 Å². The Kier molecular flexibility index (Phi) is 7.50. The van der Waals surface area contributed by atoms with Crippen LogP contribution in [0.1, 0.15) is 29.5 Å². The minimum absolute atomic E-state index is 0. The molecular weight excluding hydrogens is 366 g/mol. The standard InChI is InChI=1S/C20H29N3O3.ClH/c1-14-9-15(2)20(16(3)10-14)26-13-19(25)22-7-4-5-17(12-22)23-8-6-21-11-18(23)24;/h9-10,17,21H,4-8,11-13H2,1-3H3;1H. The summed E-state index contributed by atoms with van der Waals surface area (Å²) in [6.07, 6.45) is 1.89. The number of ether oxygens (including phenoxy) is 1. The van der Waals surface area contributed by atoms with Crippen molar-refractivity contribution < 1.29 is 14.3 Å². The summed E-state index contributed by atoms with van der Waals surface area (Å²) in [4.78, 5) is 28.6. The van der Waals surface area contributed by atoms with E-state index in [0.717, 1.165) is 49.4 Å². The Labute approximate surface area is 167 Å². The summed E-state index contributed by atoms with van der Waals surface area (Å²) < 4.78 is 5.86. The second-order valence-electron chi connectivity index (χ2n) is 7.42. The lowest BCUT2D eigenvalue weighted by molar-refractivity contribution is -0.141. The number of aryl methyl sites for hydroxylation is 3. The van der Waals surface area contributed by atoms with Gasteiger partial charge in [-0.05, 0) is 44.7 Å². The van der Waals surface area contributed by atoms with Gasteiger partial charge in [-0.2, -0.15) is 0 Å². The van der Waals surface area contributed by atoms with Crippen LogP contribution in [0.3, 0.4) is 0 Å². The first-order chi connectivity index (χ1) is 12.5. The van der Waals surface area contributed by atoms with Crippen LogP contribution in [0.15, 0.2) is 12.1 Å². The predicted octanol–water partition coefficient (Wildman–Crippen LogP) is 1.84. The normalized spacial score (nSPS) is 20.3. The number of piperidine rings is 1. The number of carbonyl (C=O) groups excluding carboxylic acids is 2. The van der Waals surface area contributed by atoms with Gasteiger partial charge in [-0.1, -0.05) is 17.7 Å². The Balaban J connectivity index is 0.00000261. The fourth-order valence-corrected chi connectivity index (χ4v) is 4.06. The molecule has 2 heterocycles. The van der Waals surface area contributed by atoms with Crippen LogP contribution >= 0.6 is 12.4 Å². The predicted molar refractivity (Wildman–Crippen MR) is 108 cm³/mol. The molecule has 7 heteroatoms. The van der Waals surface area contributed by atoms with Crippen molar-refractivity contribution in [2.45, 2.75) is 39.7 Å². The largest absolute Gasteiger partial charge is 0.483 e. The highest BCUT2D eigenvalue weighted by molar-refractivity contribution is 5.85. The third kappa shape index (κ3) is 5.14. The highest BCUT2D eigenvalue weighted by Gasteiger charge is 2.31. The zero-order valence-corrected chi connectivity index (χ0v) is 17.2. The topological polar surface area (TPSA) is 61.9 Å². The molecule has 1 aromatic rings. The van der Waals surface area contributed by atoms with Gasteiger partial charge in [0.15, 0.2) is 6.61 Å². The van der Waals surface area contributed by atoms with Crippen molar-refractivity contribution in [1.29, 1.82) is 0 Å². The highest BCUT2D eigenvalue weighted by atomic mass is 35.5. The fraction of sp³-hybridized carbons (Fsp3) is 0.600. The van der Waals surface area contributed by atoms with E-state index < -0.39 is 0 Å². The van der Waals surface area contributed by atoms with Gasteiger partial charge in [0, 0.05) is 32.2 Å². The summed E-state index contributed by atoms with van der Waals surface area (Å²) in [6, 6.07) is 4.27. The lowest BCUT2D eigenvalue weighted by Crippen LogP contribution is -2.57. The van der Waals surface area contributed by atoms with E-state index in [9.17, 15) is 9.59 Å². The minimum Gasteiger partial charge on any atom is -0.483 e. The van der Waals surface area contributed by atoms with Crippen molar-refractivity contribution in [2.24, 2.45) is 0 Å². The van der Waals surface area contributed by atoms with E-state index in [4.69, 9.17) is 4.74 Å². The van der Waals surface area contributed by atoms with Crippen molar-refractivity contribution in [3.63, 3.8) is 0 Å². The lowest BCUT2D eigenvalue weighted by atomic mass is 10.0. The van der Waals surface area contributed by atoms with Crippen LogP contribution in [0.5, 0.6) is 5.75 Å². The highest BCUT2D eigenvalue weighted by Crippen LogP contribution is 2.25. The van der Waals surface area contributed by atoms with Crippen LogP contribution in [0.25, 0.3) is 0 Å². The van der Waals surface area contributed by atoms with Crippen molar-refractivity contribution in [3.8, 4) is 5.75 Å². The zero-order chi connectivity index (χ0) is 18.7. The number of piperazine rings is 1. The van der Waals surface area contributed by atoms with Gasteiger partial charge in [-0.3, -0.25) is 9.59 Å². The maximum atomic E-state index is 12.7. The molecule has 2 fully saturated rings. The Morgan fingerprint density at radius 1 is 1.22 bits per heavy atom. The van der Waals surface area contributed by atoms with Crippen LogP contribution in [0.2, 0.25) is 0 Å². The molecular formula is C20H30ClN3O3. The van der Waals surface area contributed by atoms with Crippen molar-refractivity contribution in [3.05, 3.63) is 28.8 Å². The van der Waals surface area contributed by atoms with Gasteiger partial charge in [-0.25, -0.2) is 0 Å². The molecule has 2 amide bonds. The average molecular weight is 396 g/mol. The number of hydrogen-bond donors (Lipinski definition) is 1. The maximum Gasteiger partial charge on any atom is 0.260 e. The van der Waals surface area contributed by atoms with E-state index in [-0.39, 0.29) is 36.9 Å². The molecule has 1 unspecified atom stereocenters. The van der Waals surface area contributed by atoms with Crippen LogP contribution in [0, 0.1) is 20.8 Å². The molecule has 0 radical (unpaired) electrons. The summed E-state index contributed by atoms with van der Waals surface area (Å²) in [5, 5.41) is 3.10. The molecule has 2 aliphatic rings. The van der Waals surface area contributed by atoms with Crippen LogP contribution < -0.4 is 10.1 Å². The fourth-order valence-electron chi connectivity index (χ4n) is 4.06. The molecule has 0 saturated carbocycles. The number of likely N-dealkylation sites (tertiary alicyclic amines) is 1. The number of rotatable bonds is 4. The third-order valence-corrected chi connectivity index (χ3v) is 5.26. The second-order valence-corrected chi connectivity index (χ2v) is 7.42. The summed E-state index contributed by atoms with van der Waals surface area (Å²) in [6.45, 7) is 9.42. The quantitative estimate of drug-likeness (QED) is 0.845. The third-order valence-electron chi connectivity index (χ3n) is 5.26. The first-order valence-corrected chi connectivity index (χ1v) is 9.44. The molecule has 0 spiro atoms. The zero-order valence-electron chi connectivity index (χ0n) is 16.4. The molecule has 0 aromatic heterocycles. The molecule has 2 saturated heterocycles. The van der Waals surface area contributed by atoms with E-state index >= 15 is 0 Å². The Bertz CT molecular complexity index is 672. The molecule has 0 aliphatic carbocycles. The summed E-state index contributed by atoms with van der Waals surface area (Å²) in [5.41, 5.74) is 3.30. The number of nitrogens with zero attached hydrogens (tertiary/aromatic N) is 2. The van der Waals surface area contributed by atoms with Gasteiger partial charge in [0.05, 0.1) is 6.54 Å². The first kappa shape index (κ1) is 21.5. The molecule has 27 heavy (non-hydrogen) atoms. The number of carbonyl (C=O) groups is 2. The number of halogens is 1. The Morgan fingerprint density at radius 3 is 2.59 bits per heavy atom. The molecule has 2 aliphatic heterocycles. The molecule has 1 aromatic carbocycles. The van der Waals surface area contributed by atoms with Gasteiger partial charge in [-0.15, -0.1) is 12.4 Å². The smallest absolute Gasteiger partial charge is 0.260 e. The maximum absolute atomic E-state index is 12.7. The van der Waals surface area contributed by atoms with Crippen molar-refractivity contribution >= 4 is 24.2 Å². The number of hydrogen-bond acceptors (Lipinski definition) is 4. The number of amides is 2. The minimum atomic E-state index is -0.00309. The van der Waals surface area contributed by atoms with E-state index in [1.54, 1.807) is 0 Å². The number of benzene rings is 1. The number of nitrogens with one attached hydrogen (secondary N) is 1. The van der Waals surface area contributed by atoms with Crippen molar-refractivity contribution in [1.82, 2.24) is 15.1 Å². The Morgan fingerprint density at radius 2 is 1.93 bits per heavy atom. The van der Waals surface area contributed by atoms with Gasteiger partial charge < -0.3 is 19.9 Å². The van der Waals surface area contributed by atoms with Gasteiger partial charge >= 0.3 is 0 Å². The summed E-state index contributed by atoms with van der Waals surface area (Å²) in [7, 11) is 0. The molecule has 0 bridgehead atoms. The van der Waals surface area contributed by atoms with Crippen LogP contribution in [-0.4, -0.2) is 67.0 Å². The van der Waals surface area contributed by atoms with Gasteiger partial charge in [0.1, 0.15) is 5.75 Å². The molecule has 150 valence electrons. The van der Waals surface area contributed by atoms with E-state index in [2.05, 4.69) is 24.4 Å². The molecule has 3 rings (SSSR count). The average Bonchev–Trinajstić information content (AvgIpc) is 2.61. The van der Waals surface area contributed by atoms with Crippen LogP contribution in [0.4, 0.5) is 0 Å². The van der Waals surface area contributed by atoms with E-state index in [1.165, 1.54) is 5.56 Å². The first-order valence-electron chi connectivity index (χ1n) is 9.44. The van der Waals surface area contributed by atoms with Crippen molar-refractivity contribution in [2.75, 3.05) is 39.3 Å². The summed E-state index contributed by atoms with van der Waals surface area (Å²) >= 11 is 0. The van der Waals surface area contributed by atoms with E-state index in [1.807, 2.05) is 23.6 Å². The lowest BCUT2D eigenvalue weighted by Gasteiger charge is -2.41. The SMILES string of the molecule is Cc1cc(C)c(OCC(=O)N2CCCC(N3CCNCC3=O)C2)c(C)c1.Cl. The molecule has 6 nitrogen and oxygen atoms in total.